The lowest BCUT2D eigenvalue weighted by atomic mass is 9.99. The molecule has 2 N–H and O–H groups in total. The van der Waals surface area contributed by atoms with Crippen molar-refractivity contribution in [2.24, 2.45) is 5.92 Å². The van der Waals surface area contributed by atoms with Gasteiger partial charge in [0.05, 0.1) is 16.5 Å². The highest BCUT2D eigenvalue weighted by atomic mass is 32.2. The first-order valence-corrected chi connectivity index (χ1v) is 13.6. The molecular formula is C28H29F3N2O5S. The second-order valence-electron chi connectivity index (χ2n) is 9.26. The van der Waals surface area contributed by atoms with Crippen LogP contribution in [0, 0.1) is 5.92 Å². The lowest BCUT2D eigenvalue weighted by Crippen LogP contribution is -2.44. The van der Waals surface area contributed by atoms with Gasteiger partial charge in [0.25, 0.3) is 5.91 Å². The zero-order chi connectivity index (χ0) is 28.6. The molecule has 0 unspecified atom stereocenters. The summed E-state index contributed by atoms with van der Waals surface area (Å²) in [6.07, 6.45) is -4.75. The van der Waals surface area contributed by atoms with E-state index in [-0.39, 0.29) is 12.3 Å². The van der Waals surface area contributed by atoms with Gasteiger partial charge in [-0.1, -0.05) is 80.6 Å². The average Bonchev–Trinajstić information content (AvgIpc) is 2.90. The first-order chi connectivity index (χ1) is 18.4. The molecule has 0 heterocycles. The van der Waals surface area contributed by atoms with Crippen molar-refractivity contribution in [3.8, 4) is 0 Å². The van der Waals surface area contributed by atoms with E-state index in [0.29, 0.717) is 6.07 Å². The van der Waals surface area contributed by atoms with Crippen LogP contribution in [0.4, 0.5) is 13.2 Å². The fraction of sp³-hybridized carbons (Fsp3) is 0.286. The molecule has 3 aromatic rings. The summed E-state index contributed by atoms with van der Waals surface area (Å²) in [6.45, 7) is 2.78. The number of amides is 1. The second kappa shape index (κ2) is 12.9. The van der Waals surface area contributed by atoms with Crippen LogP contribution in [0.5, 0.6) is 0 Å². The molecule has 3 rings (SSSR count). The van der Waals surface area contributed by atoms with Crippen LogP contribution in [0.3, 0.4) is 0 Å². The van der Waals surface area contributed by atoms with Crippen LogP contribution in [0.15, 0.2) is 89.8 Å². The minimum Gasteiger partial charge on any atom is -0.454 e. The maximum Gasteiger partial charge on any atom is 0.416 e. The molecule has 1 atom stereocenters. The first kappa shape index (κ1) is 29.9. The molecule has 0 aromatic heterocycles. The van der Waals surface area contributed by atoms with E-state index < -0.39 is 57.2 Å². The Morgan fingerprint density at radius 3 is 1.95 bits per heavy atom. The normalized spacial score (nSPS) is 12.8. The van der Waals surface area contributed by atoms with Crippen LogP contribution in [0.2, 0.25) is 0 Å². The number of alkyl halides is 3. The van der Waals surface area contributed by atoms with Crippen LogP contribution >= 0.6 is 0 Å². The van der Waals surface area contributed by atoms with Gasteiger partial charge in [-0.25, -0.2) is 8.42 Å². The van der Waals surface area contributed by atoms with Gasteiger partial charge in [0.15, 0.2) is 6.61 Å². The van der Waals surface area contributed by atoms with Gasteiger partial charge >= 0.3 is 12.1 Å². The van der Waals surface area contributed by atoms with E-state index in [1.54, 1.807) is 13.8 Å². The summed E-state index contributed by atoms with van der Waals surface area (Å²) in [6, 6.07) is 19.6. The van der Waals surface area contributed by atoms with Gasteiger partial charge in [-0.2, -0.15) is 17.9 Å². The third-order valence-corrected chi connectivity index (χ3v) is 7.15. The zero-order valence-corrected chi connectivity index (χ0v) is 22.1. The SMILES string of the molecule is CC(C)C[C@H](NS(=O)(=O)c1cccc(C(F)(F)F)c1)C(=O)OCC(=O)NC(c1ccccc1)c1ccccc1. The topological polar surface area (TPSA) is 102 Å². The Morgan fingerprint density at radius 1 is 0.872 bits per heavy atom. The Labute approximate surface area is 225 Å². The molecule has 0 radical (unpaired) electrons. The molecule has 0 aliphatic rings. The van der Waals surface area contributed by atoms with Crippen molar-refractivity contribution < 1.29 is 35.9 Å². The molecule has 0 bridgehead atoms. The molecule has 3 aromatic carbocycles. The molecule has 0 saturated heterocycles. The Bertz CT molecular complexity index is 1330. The molecule has 0 saturated carbocycles. The minimum absolute atomic E-state index is 0.00466. The van der Waals surface area contributed by atoms with Gasteiger partial charge in [0.1, 0.15) is 6.04 Å². The van der Waals surface area contributed by atoms with Crippen LogP contribution < -0.4 is 10.0 Å². The molecule has 0 aliphatic heterocycles. The Kier molecular flexibility index (Phi) is 9.87. The fourth-order valence-corrected chi connectivity index (χ4v) is 5.09. The van der Waals surface area contributed by atoms with E-state index in [1.807, 2.05) is 60.7 Å². The molecule has 0 spiro atoms. The van der Waals surface area contributed by atoms with Crippen molar-refractivity contribution in [1.29, 1.82) is 0 Å². The van der Waals surface area contributed by atoms with Crippen molar-refractivity contribution in [1.82, 2.24) is 10.0 Å². The monoisotopic (exact) mass is 562 g/mol. The Balaban J connectivity index is 1.71. The van der Waals surface area contributed by atoms with Gasteiger partial charge in [0, 0.05) is 0 Å². The predicted octanol–water partition coefficient (Wildman–Crippen LogP) is 4.85. The number of ether oxygens (including phenoxy) is 1. The van der Waals surface area contributed by atoms with Gasteiger partial charge in [-0.15, -0.1) is 0 Å². The lowest BCUT2D eigenvalue weighted by molar-refractivity contribution is -0.150. The smallest absolute Gasteiger partial charge is 0.416 e. The Morgan fingerprint density at radius 2 is 1.44 bits per heavy atom. The van der Waals surface area contributed by atoms with E-state index in [1.165, 1.54) is 0 Å². The minimum atomic E-state index is -4.74. The summed E-state index contributed by atoms with van der Waals surface area (Å²) in [5, 5.41) is 2.82. The van der Waals surface area contributed by atoms with Crippen LogP contribution in [0.25, 0.3) is 0 Å². The second-order valence-corrected chi connectivity index (χ2v) is 11.0. The number of nitrogens with one attached hydrogen (secondary N) is 2. The fourth-order valence-electron chi connectivity index (χ4n) is 3.85. The van der Waals surface area contributed by atoms with Gasteiger partial charge in [-0.05, 0) is 41.7 Å². The maximum absolute atomic E-state index is 13.1. The third kappa shape index (κ3) is 8.66. The van der Waals surface area contributed by atoms with E-state index >= 15 is 0 Å². The zero-order valence-electron chi connectivity index (χ0n) is 21.3. The number of halogens is 3. The summed E-state index contributed by atoms with van der Waals surface area (Å²) >= 11 is 0. The standard InChI is InChI=1S/C28H29F3N2O5S/c1-19(2)16-24(33-39(36,37)23-15-9-14-22(17-23)28(29,30)31)27(35)38-18-25(34)32-26(20-10-5-3-6-11-20)21-12-7-4-8-13-21/h3-15,17,19,24,26,33H,16,18H2,1-2H3,(H,32,34)/t24-/m0/s1. The average molecular weight is 563 g/mol. The molecule has 1 amide bonds. The van der Waals surface area contributed by atoms with E-state index in [4.69, 9.17) is 4.74 Å². The molecule has 39 heavy (non-hydrogen) atoms. The number of carbonyl (C=O) groups is 2. The predicted molar refractivity (Wildman–Crippen MR) is 139 cm³/mol. The van der Waals surface area contributed by atoms with Crippen molar-refractivity contribution >= 4 is 21.9 Å². The van der Waals surface area contributed by atoms with Crippen molar-refractivity contribution in [3.05, 3.63) is 102 Å². The number of carbonyl (C=O) groups excluding carboxylic acids is 2. The molecule has 0 fully saturated rings. The summed E-state index contributed by atoms with van der Waals surface area (Å²) in [7, 11) is -4.51. The summed E-state index contributed by atoms with van der Waals surface area (Å²) in [5.74, 6) is -1.82. The summed E-state index contributed by atoms with van der Waals surface area (Å²) < 4.78 is 72.2. The summed E-state index contributed by atoms with van der Waals surface area (Å²) in [5.41, 5.74) is 0.459. The number of hydrogen-bond donors (Lipinski definition) is 2. The van der Waals surface area contributed by atoms with Crippen LogP contribution in [0.1, 0.15) is 43.0 Å². The van der Waals surface area contributed by atoms with E-state index in [2.05, 4.69) is 10.0 Å². The van der Waals surface area contributed by atoms with Crippen molar-refractivity contribution in [2.75, 3.05) is 6.61 Å². The van der Waals surface area contributed by atoms with Crippen LogP contribution in [-0.2, 0) is 30.5 Å². The van der Waals surface area contributed by atoms with Crippen LogP contribution in [-0.4, -0.2) is 32.9 Å². The molecule has 7 nitrogen and oxygen atoms in total. The highest BCUT2D eigenvalue weighted by Gasteiger charge is 2.33. The van der Waals surface area contributed by atoms with Crippen molar-refractivity contribution in [3.63, 3.8) is 0 Å². The lowest BCUT2D eigenvalue weighted by Gasteiger charge is -2.21. The molecule has 0 aliphatic carbocycles. The number of hydrogen-bond acceptors (Lipinski definition) is 5. The molecular weight excluding hydrogens is 533 g/mol. The number of rotatable bonds is 11. The van der Waals surface area contributed by atoms with E-state index in [0.717, 1.165) is 29.3 Å². The van der Waals surface area contributed by atoms with Gasteiger partial charge in [0.2, 0.25) is 10.0 Å². The number of benzene rings is 3. The first-order valence-electron chi connectivity index (χ1n) is 12.1. The largest absolute Gasteiger partial charge is 0.454 e. The van der Waals surface area contributed by atoms with Gasteiger partial charge in [-0.3, -0.25) is 9.59 Å². The highest BCUT2D eigenvalue weighted by molar-refractivity contribution is 7.89. The third-order valence-electron chi connectivity index (χ3n) is 5.68. The van der Waals surface area contributed by atoms with E-state index in [9.17, 15) is 31.2 Å². The molecule has 208 valence electrons. The Hall–Kier alpha value is -3.70. The van der Waals surface area contributed by atoms with Crippen molar-refractivity contribution in [2.45, 2.75) is 43.4 Å². The highest BCUT2D eigenvalue weighted by Crippen LogP contribution is 2.30. The quantitative estimate of drug-likeness (QED) is 0.326. The summed E-state index contributed by atoms with van der Waals surface area (Å²) in [4.78, 5) is 24.9. The number of esters is 1. The number of sulfonamides is 1. The maximum atomic E-state index is 13.1. The molecule has 11 heteroatoms. The van der Waals surface area contributed by atoms with Gasteiger partial charge < -0.3 is 10.1 Å².